The topological polar surface area (TPSA) is 127 Å². The Balaban J connectivity index is 1.81. The van der Waals surface area contributed by atoms with Crippen LogP contribution in [0.25, 0.3) is 5.69 Å². The van der Waals surface area contributed by atoms with Crippen molar-refractivity contribution in [2.45, 2.75) is 13.0 Å². The number of ether oxygens (including phenoxy) is 1. The van der Waals surface area contributed by atoms with Gasteiger partial charge in [0.05, 0.1) is 29.6 Å². The predicted octanol–water partition coefficient (Wildman–Crippen LogP) is 3.62. The second-order valence-electron chi connectivity index (χ2n) is 6.66. The number of nitrogens with one attached hydrogen (secondary N) is 1. The first kappa shape index (κ1) is 21.4. The number of hydrogen-bond donors (Lipinski definition) is 1. The lowest BCUT2D eigenvalue weighted by Gasteiger charge is -2.09. The van der Waals surface area contributed by atoms with Gasteiger partial charge in [-0.15, -0.1) is 0 Å². The number of Topliss-reactive ketones (excluding diaryl/α,β-unsaturated/α-hetero) is 1. The van der Waals surface area contributed by atoms with Crippen molar-refractivity contribution in [2.75, 3.05) is 12.4 Å². The first-order valence-electron chi connectivity index (χ1n) is 9.19. The van der Waals surface area contributed by atoms with E-state index in [1.807, 2.05) is 18.3 Å². The van der Waals surface area contributed by atoms with Gasteiger partial charge in [-0.3, -0.25) is 19.7 Å². The van der Waals surface area contributed by atoms with Crippen molar-refractivity contribution in [2.24, 2.45) is 0 Å². The molecule has 0 bridgehead atoms. The molecule has 0 aliphatic carbocycles. The summed E-state index contributed by atoms with van der Waals surface area (Å²) in [4.78, 5) is 35.6. The lowest BCUT2D eigenvalue weighted by molar-refractivity contribution is -0.383. The van der Waals surface area contributed by atoms with Crippen molar-refractivity contribution in [1.82, 2.24) is 4.57 Å². The summed E-state index contributed by atoms with van der Waals surface area (Å²) in [6.07, 6.45) is 3.06. The van der Waals surface area contributed by atoms with Gasteiger partial charge in [0.25, 0.3) is 5.69 Å². The number of aromatic nitrogens is 1. The molecule has 9 nitrogen and oxygen atoms in total. The monoisotopic (exact) mass is 418 g/mol. The van der Waals surface area contributed by atoms with E-state index in [2.05, 4.69) is 5.32 Å². The van der Waals surface area contributed by atoms with Crippen molar-refractivity contribution in [3.8, 4) is 11.8 Å². The molecule has 0 aliphatic rings. The Kier molecular flexibility index (Phi) is 6.54. The Morgan fingerprint density at radius 2 is 2.03 bits per heavy atom. The number of nitro benzene ring substituents is 1. The molecule has 0 radical (unpaired) electrons. The van der Waals surface area contributed by atoms with Crippen LogP contribution in [0.3, 0.4) is 0 Å². The molecule has 9 heteroatoms. The van der Waals surface area contributed by atoms with Gasteiger partial charge in [0.1, 0.15) is 5.69 Å². The average Bonchev–Trinajstić information content (AvgIpc) is 3.22. The zero-order valence-corrected chi connectivity index (χ0v) is 16.6. The third-order valence-electron chi connectivity index (χ3n) is 4.45. The van der Waals surface area contributed by atoms with Crippen LogP contribution in [0.1, 0.15) is 27.9 Å². The normalized spacial score (nSPS) is 10.3. The summed E-state index contributed by atoms with van der Waals surface area (Å²) in [5, 5.41) is 22.8. The molecule has 0 saturated heterocycles. The van der Waals surface area contributed by atoms with Crippen molar-refractivity contribution in [3.63, 3.8) is 0 Å². The van der Waals surface area contributed by atoms with Crippen LogP contribution in [0, 0.1) is 21.4 Å². The molecule has 0 atom stereocenters. The van der Waals surface area contributed by atoms with E-state index >= 15 is 0 Å². The van der Waals surface area contributed by atoms with E-state index in [1.54, 1.807) is 36.1 Å². The van der Waals surface area contributed by atoms with Gasteiger partial charge in [-0.25, -0.2) is 0 Å². The third kappa shape index (κ3) is 5.20. The molecule has 1 amide bonds. The average molecular weight is 418 g/mol. The van der Waals surface area contributed by atoms with Crippen LogP contribution in [0.2, 0.25) is 0 Å². The first-order valence-corrected chi connectivity index (χ1v) is 9.19. The maximum absolute atomic E-state index is 12.4. The van der Waals surface area contributed by atoms with Crippen LogP contribution < -0.4 is 5.32 Å². The van der Waals surface area contributed by atoms with Crippen molar-refractivity contribution >= 4 is 23.1 Å². The molecule has 156 valence electrons. The summed E-state index contributed by atoms with van der Waals surface area (Å²) in [5.41, 5.74) is 1.71. The van der Waals surface area contributed by atoms with Crippen LogP contribution in [-0.2, 0) is 16.1 Å². The summed E-state index contributed by atoms with van der Waals surface area (Å²) in [6, 6.07) is 14.1. The van der Waals surface area contributed by atoms with Gasteiger partial charge in [-0.05, 0) is 35.9 Å². The molecule has 1 aromatic heterocycles. The highest BCUT2D eigenvalue weighted by molar-refractivity contribution is 6.11. The van der Waals surface area contributed by atoms with Crippen LogP contribution in [0.5, 0.6) is 0 Å². The minimum atomic E-state index is -0.694. The summed E-state index contributed by atoms with van der Waals surface area (Å²) < 4.78 is 6.82. The molecule has 1 heterocycles. The van der Waals surface area contributed by atoms with Crippen molar-refractivity contribution < 1.29 is 19.2 Å². The Morgan fingerprint density at radius 3 is 2.74 bits per heavy atom. The number of nitrogens with zero attached hydrogens (tertiary/aromatic N) is 3. The highest BCUT2D eigenvalue weighted by atomic mass is 16.6. The fourth-order valence-corrected chi connectivity index (χ4v) is 3.00. The molecular weight excluding hydrogens is 400 g/mol. The van der Waals surface area contributed by atoms with E-state index in [9.17, 15) is 19.7 Å². The first-order chi connectivity index (χ1) is 14.9. The van der Waals surface area contributed by atoms with Crippen LogP contribution in [-0.4, -0.2) is 28.3 Å². The van der Waals surface area contributed by atoms with Gasteiger partial charge < -0.3 is 14.6 Å². The number of rotatable bonds is 8. The largest absolute Gasteiger partial charge is 0.380 e. The molecule has 31 heavy (non-hydrogen) atoms. The third-order valence-corrected chi connectivity index (χ3v) is 4.45. The number of hydrogen-bond acceptors (Lipinski definition) is 6. The van der Waals surface area contributed by atoms with Gasteiger partial charge in [0, 0.05) is 36.8 Å². The number of benzene rings is 2. The number of nitriles is 1. The number of amides is 1. The lowest BCUT2D eigenvalue weighted by atomic mass is 10.1. The second-order valence-corrected chi connectivity index (χ2v) is 6.66. The summed E-state index contributed by atoms with van der Waals surface area (Å²) >= 11 is 0. The number of carbonyl (C=O) groups is 2. The quantitative estimate of drug-likeness (QED) is 0.258. The molecule has 3 aromatic rings. The number of methoxy groups -OCH3 is 1. The predicted molar refractivity (Wildman–Crippen MR) is 112 cm³/mol. The van der Waals surface area contributed by atoms with Crippen LogP contribution in [0.4, 0.5) is 11.4 Å². The van der Waals surface area contributed by atoms with Gasteiger partial charge in [0.15, 0.2) is 5.78 Å². The van der Waals surface area contributed by atoms with E-state index < -0.39 is 23.0 Å². The van der Waals surface area contributed by atoms with Gasteiger partial charge >= 0.3 is 0 Å². The molecule has 0 saturated carbocycles. The highest BCUT2D eigenvalue weighted by Crippen LogP contribution is 2.28. The van der Waals surface area contributed by atoms with Gasteiger partial charge in [0.2, 0.25) is 5.91 Å². The zero-order valence-electron chi connectivity index (χ0n) is 16.6. The van der Waals surface area contributed by atoms with Gasteiger partial charge in [-0.2, -0.15) is 5.26 Å². The van der Waals surface area contributed by atoms with Crippen LogP contribution >= 0.6 is 0 Å². The van der Waals surface area contributed by atoms with Crippen molar-refractivity contribution in [3.05, 3.63) is 87.7 Å². The van der Waals surface area contributed by atoms with E-state index in [0.717, 1.165) is 5.56 Å². The number of anilines is 1. The molecule has 0 spiro atoms. The molecule has 3 rings (SSSR count). The maximum atomic E-state index is 12.4. The minimum Gasteiger partial charge on any atom is -0.380 e. The fourth-order valence-electron chi connectivity index (χ4n) is 3.00. The van der Waals surface area contributed by atoms with E-state index in [-0.39, 0.29) is 16.9 Å². The van der Waals surface area contributed by atoms with Gasteiger partial charge in [-0.1, -0.05) is 12.1 Å². The number of carbonyl (C=O) groups excluding carboxylic acids is 2. The Labute approximate surface area is 177 Å². The van der Waals surface area contributed by atoms with Crippen molar-refractivity contribution in [1.29, 1.82) is 5.26 Å². The summed E-state index contributed by atoms with van der Waals surface area (Å²) in [5.74, 6) is -1.19. The van der Waals surface area contributed by atoms with E-state index in [0.29, 0.717) is 17.9 Å². The molecule has 0 fully saturated rings. The molecule has 0 unspecified atom stereocenters. The summed E-state index contributed by atoms with van der Waals surface area (Å²) in [6.45, 7) is 0.415. The molecule has 2 aromatic carbocycles. The highest BCUT2D eigenvalue weighted by Gasteiger charge is 2.19. The zero-order chi connectivity index (χ0) is 22.4. The fraction of sp³-hybridized carbons (Fsp3) is 0.136. The summed E-state index contributed by atoms with van der Waals surface area (Å²) in [7, 11) is 1.58. The second kappa shape index (κ2) is 9.47. The molecule has 1 N–H and O–H groups in total. The Hall–Kier alpha value is -4.29. The maximum Gasteiger partial charge on any atom is 0.292 e. The van der Waals surface area contributed by atoms with Crippen LogP contribution in [0.15, 0.2) is 60.9 Å². The standard InChI is InChI=1S/C22H18N4O5/c1-31-14-16-7-8-25(13-16)18-5-6-20(26(29)30)19(10-18)24-22(28)11-21(27)17-4-2-3-15(9-17)12-23/h2-10,13H,11,14H2,1H3,(H,24,28). The Morgan fingerprint density at radius 1 is 1.23 bits per heavy atom. The van der Waals surface area contributed by atoms with E-state index in [1.165, 1.54) is 24.3 Å². The lowest BCUT2D eigenvalue weighted by Crippen LogP contribution is -2.17. The SMILES string of the molecule is COCc1ccn(-c2ccc([N+](=O)[O-])c(NC(=O)CC(=O)c3cccc(C#N)c3)c2)c1. The smallest absolute Gasteiger partial charge is 0.292 e. The Bertz CT molecular complexity index is 1190. The number of nitro groups is 1. The molecule has 0 aliphatic heterocycles. The minimum absolute atomic E-state index is 0.0203. The van der Waals surface area contributed by atoms with E-state index in [4.69, 9.17) is 10.00 Å². The molecular formula is C22H18N4O5. The number of ketones is 1.